The first-order chi connectivity index (χ1) is 19.6. The zero-order chi connectivity index (χ0) is 30.7. The van der Waals surface area contributed by atoms with Crippen molar-refractivity contribution in [2.75, 3.05) is 39.6 Å². The van der Waals surface area contributed by atoms with Crippen LogP contribution in [0.5, 0.6) is 0 Å². The van der Waals surface area contributed by atoms with Crippen LogP contribution >= 0.6 is 0 Å². The fourth-order valence-electron chi connectivity index (χ4n) is 4.43. The first kappa shape index (κ1) is 49.0. The molecule has 0 bridgehead atoms. The van der Waals surface area contributed by atoms with Crippen molar-refractivity contribution >= 4 is 20.8 Å². The Morgan fingerprint density at radius 2 is 0.744 bits per heavy atom. The monoisotopic (exact) mass is 678 g/mol. The van der Waals surface area contributed by atoms with Crippen LogP contribution in [0.4, 0.5) is 0 Å². The third kappa shape index (κ3) is 39.7. The molecule has 0 N–H and O–H groups in total. The first-order valence-corrected chi connectivity index (χ1v) is 18.3. The van der Waals surface area contributed by atoms with Gasteiger partial charge in [-0.3, -0.25) is 8.37 Å². The Morgan fingerprint density at radius 3 is 1.05 bits per heavy atom. The maximum absolute atomic E-state index is 11.0. The SMILES string of the molecule is CCCCCCCCCCC(COCCOCCOCC(CCCCCCCCCC)OS(=O)(=O)[O-])OS(=O)(=O)[O-].[Na+].[Na+]. The molecule has 0 saturated carbocycles. The second-order valence-corrected chi connectivity index (χ2v) is 12.6. The van der Waals surface area contributed by atoms with Gasteiger partial charge in [0.25, 0.3) is 0 Å². The summed E-state index contributed by atoms with van der Waals surface area (Å²) in [6, 6.07) is 0. The Balaban J connectivity index is -0.00000800. The van der Waals surface area contributed by atoms with Gasteiger partial charge < -0.3 is 23.3 Å². The van der Waals surface area contributed by atoms with E-state index < -0.39 is 33.0 Å². The molecule has 15 heteroatoms. The van der Waals surface area contributed by atoms with E-state index in [0.29, 0.717) is 12.8 Å². The summed E-state index contributed by atoms with van der Waals surface area (Å²) in [4.78, 5) is 0. The third-order valence-corrected chi connectivity index (χ3v) is 7.63. The van der Waals surface area contributed by atoms with E-state index in [0.717, 1.165) is 51.4 Å². The number of hydrogen-bond donors (Lipinski definition) is 0. The number of unbranched alkanes of at least 4 members (excludes halogenated alkanes) is 14. The molecule has 11 nitrogen and oxygen atoms in total. The number of hydrogen-bond acceptors (Lipinski definition) is 11. The van der Waals surface area contributed by atoms with Gasteiger partial charge in [-0.15, -0.1) is 0 Å². The summed E-state index contributed by atoms with van der Waals surface area (Å²) in [5.41, 5.74) is 0. The standard InChI is InChI=1S/C28H58O11S2.2Na/c1-3-5-7-9-11-13-15-17-19-27(38-40(29,30)31)25-36-23-21-35-22-24-37-26-28(39-41(32,33)34)20-18-16-14-12-10-8-6-4-2;;/h27-28H,3-26H2,1-2H3,(H,29,30,31)(H,32,33,34);;/q;2*+1/p-2. The second kappa shape index (κ2) is 33.5. The second-order valence-electron chi connectivity index (χ2n) is 10.5. The summed E-state index contributed by atoms with van der Waals surface area (Å²) < 4.78 is 91.8. The normalized spacial score (nSPS) is 13.3. The molecule has 248 valence electrons. The number of ether oxygens (including phenoxy) is 3. The van der Waals surface area contributed by atoms with Gasteiger partial charge in [-0.1, -0.05) is 117 Å². The first-order valence-electron chi connectivity index (χ1n) is 15.6. The van der Waals surface area contributed by atoms with Gasteiger partial charge in [-0.25, -0.2) is 16.8 Å². The van der Waals surface area contributed by atoms with Crippen LogP contribution < -0.4 is 59.1 Å². The smallest absolute Gasteiger partial charge is 0.726 e. The molecule has 0 aliphatic carbocycles. The molecule has 0 aromatic rings. The average Bonchev–Trinajstić information content (AvgIpc) is 2.88. The van der Waals surface area contributed by atoms with E-state index in [9.17, 15) is 25.9 Å². The summed E-state index contributed by atoms with van der Waals surface area (Å²) in [6.45, 7) is 5.07. The van der Waals surface area contributed by atoms with Gasteiger partial charge in [0.05, 0.1) is 51.8 Å². The Labute approximate surface area is 307 Å². The van der Waals surface area contributed by atoms with Gasteiger partial charge in [-0.2, -0.15) is 0 Å². The van der Waals surface area contributed by atoms with E-state index in [1.165, 1.54) is 51.4 Å². The molecule has 0 aliphatic heterocycles. The predicted octanol–water partition coefficient (Wildman–Crippen LogP) is -0.203. The summed E-state index contributed by atoms with van der Waals surface area (Å²) in [6.07, 6.45) is 16.8. The zero-order valence-electron chi connectivity index (χ0n) is 27.4. The minimum absolute atomic E-state index is 0. The van der Waals surface area contributed by atoms with Crippen LogP contribution in [0.25, 0.3) is 0 Å². The molecule has 0 aromatic carbocycles. The summed E-state index contributed by atoms with van der Waals surface area (Å²) >= 11 is 0. The minimum Gasteiger partial charge on any atom is -0.726 e. The molecule has 0 radical (unpaired) electrons. The maximum atomic E-state index is 11.0. The van der Waals surface area contributed by atoms with Crippen molar-refractivity contribution in [2.24, 2.45) is 0 Å². The van der Waals surface area contributed by atoms with Gasteiger partial charge in [0.1, 0.15) is 0 Å². The van der Waals surface area contributed by atoms with Crippen molar-refractivity contribution < 1.29 is 108 Å². The summed E-state index contributed by atoms with van der Waals surface area (Å²) in [5, 5.41) is 0. The fraction of sp³-hybridized carbons (Fsp3) is 1.00. The Kier molecular flexibility index (Phi) is 38.2. The maximum Gasteiger partial charge on any atom is 1.00 e. The van der Waals surface area contributed by atoms with Crippen molar-refractivity contribution in [3.05, 3.63) is 0 Å². The van der Waals surface area contributed by atoms with Crippen LogP contribution in [0.2, 0.25) is 0 Å². The summed E-state index contributed by atoms with van der Waals surface area (Å²) in [5.74, 6) is 0. The largest absolute Gasteiger partial charge is 1.00 e. The predicted molar refractivity (Wildman–Crippen MR) is 156 cm³/mol. The van der Waals surface area contributed by atoms with Crippen LogP contribution in [0.1, 0.15) is 129 Å². The van der Waals surface area contributed by atoms with Crippen molar-refractivity contribution in [3.63, 3.8) is 0 Å². The van der Waals surface area contributed by atoms with E-state index in [-0.39, 0.29) is 98.8 Å². The van der Waals surface area contributed by atoms with Gasteiger partial charge >= 0.3 is 59.1 Å². The van der Waals surface area contributed by atoms with Gasteiger partial charge in [0.15, 0.2) is 0 Å². The van der Waals surface area contributed by atoms with E-state index in [1.54, 1.807) is 0 Å². The quantitative estimate of drug-likeness (QED) is 0.0401. The Bertz CT molecular complexity index is 724. The molecule has 0 spiro atoms. The molecule has 0 amide bonds. The molecule has 0 aliphatic rings. The topological polar surface area (TPSA) is 161 Å². The molecular weight excluding hydrogens is 622 g/mol. The van der Waals surface area contributed by atoms with Gasteiger partial charge in [0, 0.05) is 0 Å². The van der Waals surface area contributed by atoms with Crippen molar-refractivity contribution in [3.8, 4) is 0 Å². The molecule has 0 fully saturated rings. The van der Waals surface area contributed by atoms with Crippen LogP contribution in [0.15, 0.2) is 0 Å². The van der Waals surface area contributed by atoms with Gasteiger partial charge in [-0.05, 0) is 12.8 Å². The van der Waals surface area contributed by atoms with Crippen molar-refractivity contribution in [2.45, 2.75) is 142 Å². The molecular formula is C28H56Na2O11S2. The van der Waals surface area contributed by atoms with Crippen LogP contribution in [0, 0.1) is 0 Å². The minimum atomic E-state index is -4.82. The molecule has 2 unspecified atom stereocenters. The average molecular weight is 679 g/mol. The molecule has 43 heavy (non-hydrogen) atoms. The van der Waals surface area contributed by atoms with E-state index in [2.05, 4.69) is 22.2 Å². The molecule has 2 atom stereocenters. The Morgan fingerprint density at radius 1 is 0.465 bits per heavy atom. The number of rotatable bonds is 32. The summed E-state index contributed by atoms with van der Waals surface area (Å²) in [7, 11) is -9.63. The van der Waals surface area contributed by atoms with E-state index in [4.69, 9.17) is 14.2 Å². The van der Waals surface area contributed by atoms with E-state index in [1.807, 2.05) is 0 Å². The van der Waals surface area contributed by atoms with Crippen molar-refractivity contribution in [1.82, 2.24) is 0 Å². The zero-order valence-corrected chi connectivity index (χ0v) is 33.1. The van der Waals surface area contributed by atoms with Crippen LogP contribution in [0.3, 0.4) is 0 Å². The van der Waals surface area contributed by atoms with Crippen LogP contribution in [-0.4, -0.2) is 77.8 Å². The fourth-order valence-corrected chi connectivity index (χ4v) is 5.40. The van der Waals surface area contributed by atoms with E-state index >= 15 is 0 Å². The molecule has 0 heterocycles. The Hall–Kier alpha value is 1.62. The molecule has 0 saturated heterocycles. The van der Waals surface area contributed by atoms with Crippen molar-refractivity contribution in [1.29, 1.82) is 0 Å². The molecule has 0 aromatic heterocycles. The third-order valence-electron chi connectivity index (χ3n) is 6.62. The molecule has 0 rings (SSSR count). The van der Waals surface area contributed by atoms with Gasteiger partial charge in [0.2, 0.25) is 20.8 Å². The van der Waals surface area contributed by atoms with Crippen LogP contribution in [-0.2, 0) is 43.4 Å².